The van der Waals surface area contributed by atoms with Gasteiger partial charge in [0.2, 0.25) is 0 Å². The van der Waals surface area contributed by atoms with Crippen LogP contribution in [0.4, 0.5) is 5.69 Å². The maximum Gasteiger partial charge on any atom is 0.166 e. The largest absolute Gasteiger partial charge is 0.396 e. The summed E-state index contributed by atoms with van der Waals surface area (Å²) in [5.74, 6) is 0.583. The molecule has 0 amide bonds. The van der Waals surface area contributed by atoms with Crippen LogP contribution in [0.3, 0.4) is 0 Å². The number of aromatic nitrogens is 2. The molecule has 0 unspecified atom stereocenters. The van der Waals surface area contributed by atoms with Crippen LogP contribution >= 0.6 is 0 Å². The van der Waals surface area contributed by atoms with Crippen LogP contribution in [0.1, 0.15) is 10.5 Å². The normalized spacial score (nSPS) is 10.0. The van der Waals surface area contributed by atoms with Gasteiger partial charge in [0.05, 0.1) is 11.4 Å². The van der Waals surface area contributed by atoms with E-state index in [4.69, 9.17) is 5.73 Å². The van der Waals surface area contributed by atoms with Crippen LogP contribution in [0.25, 0.3) is 5.82 Å². The van der Waals surface area contributed by atoms with Gasteiger partial charge in [-0.1, -0.05) is 0 Å². The van der Waals surface area contributed by atoms with Crippen molar-refractivity contribution in [3.8, 4) is 5.82 Å². The number of pyridine rings is 1. The molecule has 0 aliphatic carbocycles. The first-order chi connectivity index (χ1) is 6.83. The second-order valence-corrected chi connectivity index (χ2v) is 2.84. The highest BCUT2D eigenvalue weighted by atomic mass is 16.1. The average molecular weight is 187 g/mol. The number of nitrogen functional groups attached to an aromatic ring is 1. The Labute approximate surface area is 81.0 Å². The van der Waals surface area contributed by atoms with E-state index < -0.39 is 0 Å². The summed E-state index contributed by atoms with van der Waals surface area (Å²) in [4.78, 5) is 14.8. The molecule has 0 saturated heterocycles. The molecule has 2 aromatic heterocycles. The first-order valence-corrected chi connectivity index (χ1v) is 4.16. The molecule has 0 radical (unpaired) electrons. The highest BCUT2D eigenvalue weighted by molar-refractivity contribution is 5.74. The second kappa shape index (κ2) is 3.33. The Bertz CT molecular complexity index is 462. The summed E-state index contributed by atoms with van der Waals surface area (Å²) in [6, 6.07) is 6.98. The summed E-state index contributed by atoms with van der Waals surface area (Å²) in [5.41, 5.74) is 6.82. The van der Waals surface area contributed by atoms with Gasteiger partial charge in [-0.05, 0) is 24.3 Å². The number of hydrogen-bond donors (Lipinski definition) is 1. The van der Waals surface area contributed by atoms with Crippen LogP contribution in [0.5, 0.6) is 0 Å². The van der Waals surface area contributed by atoms with E-state index in [0.29, 0.717) is 17.2 Å². The van der Waals surface area contributed by atoms with Crippen LogP contribution < -0.4 is 5.73 Å². The molecule has 0 aliphatic heterocycles. The minimum Gasteiger partial charge on any atom is -0.396 e. The summed E-state index contributed by atoms with van der Waals surface area (Å²) in [6.07, 6.45) is 4.16. The summed E-state index contributed by atoms with van der Waals surface area (Å²) in [6.45, 7) is 0. The van der Waals surface area contributed by atoms with Crippen LogP contribution in [0, 0.1) is 0 Å². The second-order valence-electron chi connectivity index (χ2n) is 2.84. The number of carbonyl (C=O) groups excluding carboxylic acids is 1. The predicted molar refractivity (Wildman–Crippen MR) is 53.4 cm³/mol. The molecule has 2 rings (SSSR count). The van der Waals surface area contributed by atoms with Crippen molar-refractivity contribution >= 4 is 12.0 Å². The Morgan fingerprint density at radius 3 is 2.93 bits per heavy atom. The van der Waals surface area contributed by atoms with Crippen LogP contribution in [0.2, 0.25) is 0 Å². The zero-order valence-corrected chi connectivity index (χ0v) is 7.42. The summed E-state index contributed by atoms with van der Waals surface area (Å²) >= 11 is 0. The van der Waals surface area contributed by atoms with Gasteiger partial charge in [0.1, 0.15) is 0 Å². The fraction of sp³-hybridized carbons (Fsp3) is 0. The van der Waals surface area contributed by atoms with Gasteiger partial charge >= 0.3 is 0 Å². The van der Waals surface area contributed by atoms with Crippen molar-refractivity contribution in [1.29, 1.82) is 0 Å². The summed E-state index contributed by atoms with van der Waals surface area (Å²) < 4.78 is 1.66. The van der Waals surface area contributed by atoms with Crippen LogP contribution in [0.15, 0.2) is 36.7 Å². The molecule has 0 saturated carbocycles. The third kappa shape index (κ3) is 1.26. The quantitative estimate of drug-likeness (QED) is 0.720. The van der Waals surface area contributed by atoms with Gasteiger partial charge in [-0.3, -0.25) is 9.36 Å². The van der Waals surface area contributed by atoms with Crippen molar-refractivity contribution in [3.63, 3.8) is 0 Å². The third-order valence-electron chi connectivity index (χ3n) is 1.95. The molecule has 2 aromatic rings. The zero-order chi connectivity index (χ0) is 9.97. The van der Waals surface area contributed by atoms with E-state index in [1.807, 2.05) is 0 Å². The first-order valence-electron chi connectivity index (χ1n) is 4.16. The Morgan fingerprint density at radius 1 is 1.36 bits per heavy atom. The van der Waals surface area contributed by atoms with E-state index in [9.17, 15) is 4.79 Å². The molecular formula is C10H9N3O. The van der Waals surface area contributed by atoms with Crippen LogP contribution in [-0.2, 0) is 0 Å². The lowest BCUT2D eigenvalue weighted by Gasteiger charge is -2.06. The molecular weight excluding hydrogens is 178 g/mol. The number of hydrogen-bond acceptors (Lipinski definition) is 3. The van der Waals surface area contributed by atoms with Crippen molar-refractivity contribution in [2.75, 3.05) is 5.73 Å². The van der Waals surface area contributed by atoms with Gasteiger partial charge in [0.15, 0.2) is 12.1 Å². The van der Waals surface area contributed by atoms with E-state index in [-0.39, 0.29) is 0 Å². The summed E-state index contributed by atoms with van der Waals surface area (Å²) in [5, 5.41) is 0. The number of anilines is 1. The SMILES string of the molecule is Nc1cccnc1-n1cccc1C=O. The Morgan fingerprint density at radius 2 is 2.21 bits per heavy atom. The van der Waals surface area contributed by atoms with Crippen molar-refractivity contribution in [1.82, 2.24) is 9.55 Å². The van der Waals surface area contributed by atoms with Crippen molar-refractivity contribution in [2.45, 2.75) is 0 Å². The molecule has 0 fully saturated rings. The van der Waals surface area contributed by atoms with Gasteiger partial charge in [-0.15, -0.1) is 0 Å². The molecule has 14 heavy (non-hydrogen) atoms. The third-order valence-corrected chi connectivity index (χ3v) is 1.95. The van der Waals surface area contributed by atoms with Gasteiger partial charge in [-0.2, -0.15) is 0 Å². The highest BCUT2D eigenvalue weighted by Gasteiger charge is 2.05. The first kappa shape index (κ1) is 8.50. The monoisotopic (exact) mass is 187 g/mol. The Hall–Kier alpha value is -2.10. The Balaban J connectivity index is 2.60. The Kier molecular flexibility index (Phi) is 2.02. The molecule has 2 N–H and O–H groups in total. The number of rotatable bonds is 2. The highest BCUT2D eigenvalue weighted by Crippen LogP contribution is 2.15. The summed E-state index contributed by atoms with van der Waals surface area (Å²) in [7, 11) is 0. The molecule has 2 heterocycles. The maximum absolute atomic E-state index is 10.7. The molecule has 0 atom stereocenters. The van der Waals surface area contributed by atoms with E-state index in [0.717, 1.165) is 6.29 Å². The molecule has 0 spiro atoms. The fourth-order valence-corrected chi connectivity index (χ4v) is 1.29. The van der Waals surface area contributed by atoms with Gasteiger partial charge in [0.25, 0.3) is 0 Å². The average Bonchev–Trinajstić information content (AvgIpc) is 2.66. The molecule has 0 bridgehead atoms. The smallest absolute Gasteiger partial charge is 0.166 e. The maximum atomic E-state index is 10.7. The lowest BCUT2D eigenvalue weighted by molar-refractivity contribution is 0.111. The number of nitrogens with two attached hydrogens (primary N) is 1. The topological polar surface area (TPSA) is 60.9 Å². The molecule has 4 heteroatoms. The molecule has 0 aliphatic rings. The van der Waals surface area contributed by atoms with Gasteiger partial charge in [-0.25, -0.2) is 4.98 Å². The van der Waals surface area contributed by atoms with Crippen LogP contribution in [-0.4, -0.2) is 15.8 Å². The van der Waals surface area contributed by atoms with E-state index in [1.165, 1.54) is 0 Å². The minimum atomic E-state index is 0.537. The zero-order valence-electron chi connectivity index (χ0n) is 7.42. The van der Waals surface area contributed by atoms with Gasteiger partial charge in [0, 0.05) is 12.4 Å². The van der Waals surface area contributed by atoms with Crippen molar-refractivity contribution in [3.05, 3.63) is 42.4 Å². The van der Waals surface area contributed by atoms with E-state index >= 15 is 0 Å². The molecule has 70 valence electrons. The minimum absolute atomic E-state index is 0.537. The van der Waals surface area contributed by atoms with Crippen molar-refractivity contribution in [2.24, 2.45) is 0 Å². The molecule has 4 nitrogen and oxygen atoms in total. The number of carbonyl (C=O) groups is 1. The lowest BCUT2D eigenvalue weighted by atomic mass is 10.4. The van der Waals surface area contributed by atoms with E-state index in [2.05, 4.69) is 4.98 Å². The van der Waals surface area contributed by atoms with E-state index in [1.54, 1.807) is 41.2 Å². The van der Waals surface area contributed by atoms with Crippen molar-refractivity contribution < 1.29 is 4.79 Å². The predicted octanol–water partition coefficient (Wildman–Crippen LogP) is 1.27. The molecule has 0 aromatic carbocycles. The lowest BCUT2D eigenvalue weighted by Crippen LogP contribution is -2.03. The standard InChI is InChI=1S/C10H9N3O/c11-9-4-1-5-12-10(9)13-6-2-3-8(13)7-14/h1-7H,11H2. The number of aldehydes is 1. The number of nitrogens with zero attached hydrogens (tertiary/aromatic N) is 2. The van der Waals surface area contributed by atoms with Gasteiger partial charge < -0.3 is 5.73 Å². The fourth-order valence-electron chi connectivity index (χ4n) is 1.29.